The molecule has 24 heavy (non-hydrogen) atoms. The minimum Gasteiger partial charge on any atom is -0.392 e. The van der Waals surface area contributed by atoms with Crippen LogP contribution in [0, 0.1) is 11.2 Å². The molecule has 3 rings (SSSR count). The number of nitrogens with one attached hydrogen (secondary N) is 2. The number of hydrogen-bond donors (Lipinski definition) is 3. The second kappa shape index (κ2) is 7.19. The molecule has 4 nitrogen and oxygen atoms in total. The van der Waals surface area contributed by atoms with Gasteiger partial charge in [0.2, 0.25) is 5.91 Å². The van der Waals surface area contributed by atoms with Crippen molar-refractivity contribution in [3.05, 3.63) is 35.6 Å². The van der Waals surface area contributed by atoms with E-state index in [1.807, 2.05) is 0 Å². The van der Waals surface area contributed by atoms with Crippen molar-refractivity contribution in [2.45, 2.75) is 63.6 Å². The van der Waals surface area contributed by atoms with Crippen molar-refractivity contribution in [3.63, 3.8) is 0 Å². The average molecular weight is 334 g/mol. The Kier molecular flexibility index (Phi) is 5.21. The molecule has 1 saturated heterocycles. The highest BCUT2D eigenvalue weighted by atomic mass is 19.1. The summed E-state index contributed by atoms with van der Waals surface area (Å²) in [7, 11) is 0. The number of aliphatic hydroxyl groups is 1. The summed E-state index contributed by atoms with van der Waals surface area (Å²) in [6, 6.07) is 6.84. The lowest BCUT2D eigenvalue weighted by molar-refractivity contribution is -0.120. The van der Waals surface area contributed by atoms with Gasteiger partial charge in [-0.2, -0.15) is 0 Å². The van der Waals surface area contributed by atoms with Crippen molar-refractivity contribution in [1.82, 2.24) is 10.6 Å². The minimum atomic E-state index is -0.343. The van der Waals surface area contributed by atoms with E-state index >= 15 is 0 Å². The van der Waals surface area contributed by atoms with Crippen LogP contribution in [0.3, 0.4) is 0 Å². The number of benzene rings is 1. The van der Waals surface area contributed by atoms with Gasteiger partial charge in [-0.05, 0) is 30.9 Å². The number of hydrogen-bond acceptors (Lipinski definition) is 3. The number of carbonyl (C=O) groups excluding carboxylic acids is 1. The van der Waals surface area contributed by atoms with Crippen LogP contribution in [0.1, 0.15) is 44.6 Å². The molecular weight excluding hydrogens is 307 g/mol. The smallest absolute Gasteiger partial charge is 0.224 e. The predicted octanol–water partition coefficient (Wildman–Crippen LogP) is 2.16. The highest BCUT2D eigenvalue weighted by molar-refractivity contribution is 5.78. The van der Waals surface area contributed by atoms with Gasteiger partial charge >= 0.3 is 0 Å². The molecule has 1 heterocycles. The van der Waals surface area contributed by atoms with Gasteiger partial charge in [0.05, 0.1) is 12.5 Å². The first-order chi connectivity index (χ1) is 11.5. The number of halogens is 1. The summed E-state index contributed by atoms with van der Waals surface area (Å²) in [5.74, 6) is -0.510. The lowest BCUT2D eigenvalue weighted by Gasteiger charge is -2.33. The third-order valence-corrected chi connectivity index (χ3v) is 5.76. The summed E-state index contributed by atoms with van der Waals surface area (Å²) >= 11 is 0. The van der Waals surface area contributed by atoms with E-state index in [4.69, 9.17) is 0 Å². The van der Waals surface area contributed by atoms with Crippen molar-refractivity contribution in [2.75, 3.05) is 6.54 Å². The van der Waals surface area contributed by atoms with E-state index in [1.165, 1.54) is 6.07 Å². The van der Waals surface area contributed by atoms with E-state index in [0.717, 1.165) is 32.1 Å². The molecule has 3 N–H and O–H groups in total. The predicted molar refractivity (Wildman–Crippen MR) is 91.0 cm³/mol. The molecule has 4 atom stereocenters. The molecular formula is C19H27FN2O2. The molecule has 0 spiro atoms. The SMILES string of the molecule is C[C@@]12C[C@H](CNC(=O)Cc3ccccc3F)N[C@@H]1CCCC[C@@H]2O. The van der Waals surface area contributed by atoms with Crippen molar-refractivity contribution >= 4 is 5.91 Å². The first-order valence-corrected chi connectivity index (χ1v) is 8.93. The van der Waals surface area contributed by atoms with E-state index in [1.54, 1.807) is 18.2 Å². The Balaban J connectivity index is 1.52. The quantitative estimate of drug-likeness (QED) is 0.791. The van der Waals surface area contributed by atoms with Gasteiger partial charge in [0, 0.05) is 24.0 Å². The Morgan fingerprint density at radius 2 is 2.12 bits per heavy atom. The third kappa shape index (κ3) is 3.62. The lowest BCUT2D eigenvalue weighted by Crippen LogP contribution is -2.43. The van der Waals surface area contributed by atoms with Crippen molar-refractivity contribution < 1.29 is 14.3 Å². The number of carbonyl (C=O) groups is 1. The maximum atomic E-state index is 13.6. The van der Waals surface area contributed by atoms with Gasteiger partial charge in [-0.1, -0.05) is 38.0 Å². The van der Waals surface area contributed by atoms with Crippen LogP contribution < -0.4 is 10.6 Å². The van der Waals surface area contributed by atoms with Crippen LogP contribution in [0.2, 0.25) is 0 Å². The van der Waals surface area contributed by atoms with Crippen LogP contribution in [0.25, 0.3) is 0 Å². The summed E-state index contributed by atoms with van der Waals surface area (Å²) in [5, 5.41) is 17.0. The van der Waals surface area contributed by atoms with E-state index in [2.05, 4.69) is 17.6 Å². The molecule has 0 unspecified atom stereocenters. The fourth-order valence-corrected chi connectivity index (χ4v) is 4.25. The second-order valence-corrected chi connectivity index (χ2v) is 7.50. The Bertz CT molecular complexity index is 594. The summed E-state index contributed by atoms with van der Waals surface area (Å²) < 4.78 is 13.6. The number of fused-ring (bicyclic) bond motifs is 1. The van der Waals surface area contributed by atoms with Gasteiger partial charge in [-0.15, -0.1) is 0 Å². The highest BCUT2D eigenvalue weighted by Gasteiger charge is 2.48. The zero-order valence-corrected chi connectivity index (χ0v) is 14.2. The van der Waals surface area contributed by atoms with Gasteiger partial charge in [0.15, 0.2) is 0 Å². The first-order valence-electron chi connectivity index (χ1n) is 8.93. The van der Waals surface area contributed by atoms with Crippen LogP contribution in [0.15, 0.2) is 24.3 Å². The molecule has 1 aromatic rings. The molecule has 5 heteroatoms. The average Bonchev–Trinajstić information content (AvgIpc) is 2.82. The molecule has 2 aliphatic rings. The largest absolute Gasteiger partial charge is 0.392 e. The number of amides is 1. The molecule has 1 amide bonds. The number of rotatable bonds is 4. The molecule has 0 bridgehead atoms. The van der Waals surface area contributed by atoms with Gasteiger partial charge in [-0.3, -0.25) is 4.79 Å². The summed E-state index contributed by atoms with van der Waals surface area (Å²) in [5.41, 5.74) is 0.305. The van der Waals surface area contributed by atoms with Crippen molar-refractivity contribution in [2.24, 2.45) is 5.41 Å². The van der Waals surface area contributed by atoms with E-state index < -0.39 is 0 Å². The van der Waals surface area contributed by atoms with Gasteiger partial charge in [-0.25, -0.2) is 4.39 Å². The maximum absolute atomic E-state index is 13.6. The fraction of sp³-hybridized carbons (Fsp3) is 0.632. The molecule has 1 aliphatic heterocycles. The molecule has 1 saturated carbocycles. The molecule has 0 radical (unpaired) electrons. The molecule has 132 valence electrons. The Labute approximate surface area is 142 Å². The highest BCUT2D eigenvalue weighted by Crippen LogP contribution is 2.43. The summed E-state index contributed by atoms with van der Waals surface area (Å²) in [6.45, 7) is 2.67. The van der Waals surface area contributed by atoms with E-state index in [9.17, 15) is 14.3 Å². The van der Waals surface area contributed by atoms with E-state index in [0.29, 0.717) is 18.2 Å². The first kappa shape index (κ1) is 17.4. The molecule has 1 aromatic carbocycles. The molecule has 0 aromatic heterocycles. The Morgan fingerprint density at radius 1 is 1.38 bits per heavy atom. The van der Waals surface area contributed by atoms with Gasteiger partial charge in [0.1, 0.15) is 5.82 Å². The van der Waals surface area contributed by atoms with Gasteiger partial charge in [0.25, 0.3) is 0 Å². The Morgan fingerprint density at radius 3 is 2.92 bits per heavy atom. The van der Waals surface area contributed by atoms with Crippen LogP contribution in [0.4, 0.5) is 4.39 Å². The fourth-order valence-electron chi connectivity index (χ4n) is 4.25. The van der Waals surface area contributed by atoms with E-state index in [-0.39, 0.29) is 35.7 Å². The number of aliphatic hydroxyl groups excluding tert-OH is 1. The zero-order chi connectivity index (χ0) is 17.2. The van der Waals surface area contributed by atoms with Crippen molar-refractivity contribution in [3.8, 4) is 0 Å². The standard InChI is InChI=1S/C19H27FN2O2/c1-19-11-14(22-16(19)8-4-5-9-17(19)23)12-21-18(24)10-13-6-2-3-7-15(13)20/h2-3,6-7,14,16-17,22-23H,4-5,8-12H2,1H3,(H,21,24)/t14-,16-,17+,19-/m1/s1. The summed E-state index contributed by atoms with van der Waals surface area (Å²) in [6.07, 6.45) is 4.79. The third-order valence-electron chi connectivity index (χ3n) is 5.76. The van der Waals surface area contributed by atoms with Crippen LogP contribution in [-0.4, -0.2) is 35.7 Å². The second-order valence-electron chi connectivity index (χ2n) is 7.50. The Hall–Kier alpha value is -1.46. The summed E-state index contributed by atoms with van der Waals surface area (Å²) in [4.78, 5) is 12.1. The van der Waals surface area contributed by atoms with Crippen LogP contribution in [-0.2, 0) is 11.2 Å². The molecule has 1 aliphatic carbocycles. The van der Waals surface area contributed by atoms with Gasteiger partial charge < -0.3 is 15.7 Å². The molecule has 2 fully saturated rings. The zero-order valence-electron chi connectivity index (χ0n) is 14.2. The monoisotopic (exact) mass is 334 g/mol. The normalized spacial score (nSPS) is 32.9. The minimum absolute atomic E-state index is 0.0582. The lowest BCUT2D eigenvalue weighted by atomic mass is 9.75. The maximum Gasteiger partial charge on any atom is 0.224 e. The van der Waals surface area contributed by atoms with Crippen LogP contribution >= 0.6 is 0 Å². The van der Waals surface area contributed by atoms with Crippen molar-refractivity contribution in [1.29, 1.82) is 0 Å². The van der Waals surface area contributed by atoms with Crippen LogP contribution in [0.5, 0.6) is 0 Å². The topological polar surface area (TPSA) is 61.4 Å².